The van der Waals surface area contributed by atoms with E-state index in [1.54, 1.807) is 16.6 Å². The number of anilines is 1. The van der Waals surface area contributed by atoms with Crippen LogP contribution in [0.5, 0.6) is 5.75 Å². The van der Waals surface area contributed by atoms with Gasteiger partial charge < -0.3 is 15.8 Å². The number of carbonyl (C=O) groups is 1. The van der Waals surface area contributed by atoms with E-state index in [1.807, 2.05) is 12.3 Å². The molecule has 1 fully saturated rings. The summed E-state index contributed by atoms with van der Waals surface area (Å²) in [6.07, 6.45) is 5.42. The summed E-state index contributed by atoms with van der Waals surface area (Å²) in [5.41, 5.74) is 9.09. The summed E-state index contributed by atoms with van der Waals surface area (Å²) in [6.45, 7) is 3.85. The van der Waals surface area contributed by atoms with E-state index in [4.69, 9.17) is 5.73 Å². The van der Waals surface area contributed by atoms with Gasteiger partial charge in [-0.05, 0) is 47.9 Å². The van der Waals surface area contributed by atoms with E-state index in [2.05, 4.69) is 35.9 Å². The lowest BCUT2D eigenvalue weighted by atomic mass is 9.80. The Morgan fingerprint density at radius 3 is 2.55 bits per heavy atom. The number of hydrogen-bond acceptors (Lipinski definition) is 4. The van der Waals surface area contributed by atoms with E-state index >= 15 is 0 Å². The Morgan fingerprint density at radius 1 is 1.26 bits per heavy atom. The minimum Gasteiger partial charge on any atom is -0.435 e. The van der Waals surface area contributed by atoms with Gasteiger partial charge in [-0.25, -0.2) is 4.52 Å². The first-order chi connectivity index (χ1) is 14.7. The van der Waals surface area contributed by atoms with Gasteiger partial charge in [-0.1, -0.05) is 32.9 Å². The van der Waals surface area contributed by atoms with Crippen LogP contribution in [0.25, 0.3) is 16.6 Å². The molecule has 1 aromatic carbocycles. The number of benzene rings is 1. The molecule has 0 radical (unpaired) electrons. The van der Waals surface area contributed by atoms with E-state index in [9.17, 15) is 13.6 Å². The number of carbonyl (C=O) groups excluding carboxylic acids is 1. The van der Waals surface area contributed by atoms with Crippen LogP contribution in [0.3, 0.4) is 0 Å². The van der Waals surface area contributed by atoms with E-state index in [0.29, 0.717) is 17.2 Å². The first-order valence-electron chi connectivity index (χ1n) is 10.3. The number of alkyl halides is 2. The van der Waals surface area contributed by atoms with E-state index in [-0.39, 0.29) is 17.2 Å². The second-order valence-corrected chi connectivity index (χ2v) is 8.76. The highest BCUT2D eigenvalue weighted by atomic mass is 19.3. The third kappa shape index (κ3) is 3.94. The van der Waals surface area contributed by atoms with Gasteiger partial charge in [0.2, 0.25) is 0 Å². The predicted molar refractivity (Wildman–Crippen MR) is 115 cm³/mol. The number of ether oxygens (including phenoxy) is 1. The van der Waals surface area contributed by atoms with Gasteiger partial charge in [-0.15, -0.1) is 0 Å². The van der Waals surface area contributed by atoms with Gasteiger partial charge in [-0.2, -0.15) is 13.9 Å². The minimum absolute atomic E-state index is 0.0606. The van der Waals surface area contributed by atoms with Crippen molar-refractivity contribution in [3.05, 3.63) is 48.3 Å². The molecule has 4 rings (SSSR count). The SMILES string of the molecule is CC1CC[C@@H](Nc2c(C(N)=O)cnn3cc(-c4ccc(OC(F)F)cc4)cc23)C1(C)C. The number of amides is 1. The van der Waals surface area contributed by atoms with Crippen LogP contribution in [0, 0.1) is 11.3 Å². The third-order valence-corrected chi connectivity index (χ3v) is 6.69. The maximum Gasteiger partial charge on any atom is 0.387 e. The van der Waals surface area contributed by atoms with Gasteiger partial charge in [-0.3, -0.25) is 4.79 Å². The van der Waals surface area contributed by atoms with Gasteiger partial charge >= 0.3 is 6.61 Å². The largest absolute Gasteiger partial charge is 0.435 e. The molecule has 0 aliphatic heterocycles. The fourth-order valence-electron chi connectivity index (χ4n) is 4.32. The normalized spacial score (nSPS) is 20.3. The Kier molecular flexibility index (Phi) is 5.33. The number of nitrogens with zero attached hydrogens (tertiary/aromatic N) is 2. The first kappa shape index (κ1) is 21.1. The molecular weight excluding hydrogens is 402 g/mol. The molecule has 6 nitrogen and oxygen atoms in total. The van der Waals surface area contributed by atoms with Gasteiger partial charge in [0, 0.05) is 17.8 Å². The van der Waals surface area contributed by atoms with Gasteiger partial charge in [0.25, 0.3) is 5.91 Å². The Balaban J connectivity index is 1.74. The fraction of sp³-hybridized carbons (Fsp3) is 0.391. The van der Waals surface area contributed by atoms with Crippen molar-refractivity contribution < 1.29 is 18.3 Å². The van der Waals surface area contributed by atoms with Crippen molar-refractivity contribution in [1.82, 2.24) is 9.61 Å². The molecule has 1 amide bonds. The molecular formula is C23H26F2N4O2. The highest BCUT2D eigenvalue weighted by Crippen LogP contribution is 2.44. The number of fused-ring (bicyclic) bond motifs is 1. The van der Waals surface area contributed by atoms with Crippen LogP contribution in [0.2, 0.25) is 0 Å². The molecule has 0 saturated heterocycles. The molecule has 0 bridgehead atoms. The number of nitrogens with two attached hydrogens (primary N) is 1. The lowest BCUT2D eigenvalue weighted by Crippen LogP contribution is -2.35. The lowest BCUT2D eigenvalue weighted by Gasteiger charge is -2.33. The van der Waals surface area contributed by atoms with Crippen molar-refractivity contribution in [1.29, 1.82) is 0 Å². The molecule has 8 heteroatoms. The average Bonchev–Trinajstić information content (AvgIpc) is 3.24. The van der Waals surface area contributed by atoms with Crippen molar-refractivity contribution >= 4 is 17.1 Å². The number of nitrogens with one attached hydrogen (secondary N) is 1. The third-order valence-electron chi connectivity index (χ3n) is 6.69. The maximum atomic E-state index is 12.4. The summed E-state index contributed by atoms with van der Waals surface area (Å²) in [5, 5.41) is 7.93. The summed E-state index contributed by atoms with van der Waals surface area (Å²) in [5.74, 6) is 0.102. The zero-order valence-electron chi connectivity index (χ0n) is 17.7. The molecule has 1 unspecified atom stereocenters. The second-order valence-electron chi connectivity index (χ2n) is 8.76. The molecule has 0 spiro atoms. The van der Waals surface area contributed by atoms with Crippen LogP contribution in [0.1, 0.15) is 44.0 Å². The monoisotopic (exact) mass is 428 g/mol. The average molecular weight is 428 g/mol. The summed E-state index contributed by atoms with van der Waals surface area (Å²) >= 11 is 0. The van der Waals surface area contributed by atoms with E-state index in [0.717, 1.165) is 29.5 Å². The first-order valence-corrected chi connectivity index (χ1v) is 10.3. The Hall–Kier alpha value is -3.16. The van der Waals surface area contributed by atoms with Crippen molar-refractivity contribution in [3.8, 4) is 16.9 Å². The standard InChI is InChI=1S/C23H26F2N4O2/c1-13-4-9-19(23(13,2)3)28-20-17(21(26)30)11-27-29-12-15(10-18(20)29)14-5-7-16(8-6-14)31-22(24)25/h5-8,10-13,19,22,28H,4,9H2,1-3H3,(H2,26,30)/t13?,19-/m1/s1. The molecule has 3 aromatic rings. The van der Waals surface area contributed by atoms with Crippen molar-refractivity contribution in [2.45, 2.75) is 46.3 Å². The van der Waals surface area contributed by atoms with Crippen LogP contribution in [-0.2, 0) is 0 Å². The summed E-state index contributed by atoms with van der Waals surface area (Å²) in [4.78, 5) is 12.1. The predicted octanol–water partition coefficient (Wildman–Crippen LogP) is 4.94. The molecule has 3 N–H and O–H groups in total. The van der Waals surface area contributed by atoms with Crippen LogP contribution in [-0.4, -0.2) is 28.2 Å². The smallest absolute Gasteiger partial charge is 0.387 e. The molecule has 1 aliphatic rings. The summed E-state index contributed by atoms with van der Waals surface area (Å²) in [7, 11) is 0. The Morgan fingerprint density at radius 2 is 1.97 bits per heavy atom. The number of rotatable bonds is 6. The summed E-state index contributed by atoms with van der Waals surface area (Å²) in [6, 6.07) is 8.50. The minimum atomic E-state index is -2.87. The van der Waals surface area contributed by atoms with Gasteiger partial charge in [0.15, 0.2) is 0 Å². The topological polar surface area (TPSA) is 81.6 Å². The number of halogens is 2. The molecule has 2 aromatic heterocycles. The number of hydrogen-bond donors (Lipinski definition) is 2. The van der Waals surface area contributed by atoms with Crippen LogP contribution in [0.15, 0.2) is 42.7 Å². The van der Waals surface area contributed by atoms with Gasteiger partial charge in [0.1, 0.15) is 5.75 Å². The van der Waals surface area contributed by atoms with E-state index < -0.39 is 12.5 Å². The van der Waals surface area contributed by atoms with Crippen molar-refractivity contribution in [2.75, 3.05) is 5.32 Å². The fourth-order valence-corrected chi connectivity index (χ4v) is 4.32. The van der Waals surface area contributed by atoms with Crippen molar-refractivity contribution in [3.63, 3.8) is 0 Å². The zero-order valence-corrected chi connectivity index (χ0v) is 17.7. The molecule has 1 aliphatic carbocycles. The zero-order chi connectivity index (χ0) is 22.3. The summed E-state index contributed by atoms with van der Waals surface area (Å²) < 4.78 is 30.9. The van der Waals surface area contributed by atoms with Crippen LogP contribution >= 0.6 is 0 Å². The highest BCUT2D eigenvalue weighted by Gasteiger charge is 2.41. The maximum absolute atomic E-state index is 12.4. The Bertz CT molecular complexity index is 1110. The second kappa shape index (κ2) is 7.83. The lowest BCUT2D eigenvalue weighted by molar-refractivity contribution is -0.0498. The Labute approximate surface area is 179 Å². The quantitative estimate of drug-likeness (QED) is 0.583. The highest BCUT2D eigenvalue weighted by molar-refractivity contribution is 6.02. The molecule has 2 atom stereocenters. The molecule has 31 heavy (non-hydrogen) atoms. The number of aromatic nitrogens is 2. The van der Waals surface area contributed by atoms with Gasteiger partial charge in [0.05, 0.1) is 23.0 Å². The molecule has 164 valence electrons. The van der Waals surface area contributed by atoms with E-state index in [1.165, 1.54) is 18.3 Å². The molecule has 2 heterocycles. The van der Waals surface area contributed by atoms with Crippen LogP contribution in [0.4, 0.5) is 14.5 Å². The number of primary amides is 1. The van der Waals surface area contributed by atoms with Crippen molar-refractivity contribution in [2.24, 2.45) is 17.1 Å². The molecule has 1 saturated carbocycles. The van der Waals surface area contributed by atoms with Crippen LogP contribution < -0.4 is 15.8 Å².